The van der Waals surface area contributed by atoms with E-state index in [9.17, 15) is 9.59 Å². The molecule has 0 radical (unpaired) electrons. The molecule has 0 aromatic heterocycles. The highest BCUT2D eigenvalue weighted by atomic mass is 16.5. The molecule has 16 heavy (non-hydrogen) atoms. The maximum Gasteiger partial charge on any atom is 0.310 e. The van der Waals surface area contributed by atoms with Crippen molar-refractivity contribution in [2.24, 2.45) is 17.8 Å². The van der Waals surface area contributed by atoms with Gasteiger partial charge in [-0.3, -0.25) is 9.59 Å². The zero-order valence-electron chi connectivity index (χ0n) is 8.37. The lowest BCUT2D eigenvalue weighted by Gasteiger charge is -2.26. The minimum Gasteiger partial charge on any atom is -0.481 e. The standard InChI is InChI=1S/C10H11NO5/c11-2-1-4-3-5-6(9(12)13)7(10(14)15)8(4)16-5/h4-8H,1,3H2,(H,12,13)(H,14,15)/t4-,5+,6-,7-,8-/m0/s1. The van der Waals surface area contributed by atoms with Gasteiger partial charge in [0, 0.05) is 12.3 Å². The highest BCUT2D eigenvalue weighted by molar-refractivity contribution is 5.82. The summed E-state index contributed by atoms with van der Waals surface area (Å²) >= 11 is 0. The first kappa shape index (κ1) is 10.9. The number of carboxylic acids is 2. The van der Waals surface area contributed by atoms with Crippen molar-refractivity contribution >= 4 is 11.9 Å². The fourth-order valence-corrected chi connectivity index (χ4v) is 2.77. The molecule has 0 aliphatic carbocycles. The van der Waals surface area contributed by atoms with Gasteiger partial charge in [-0.25, -0.2) is 0 Å². The molecule has 0 aromatic carbocycles. The second-order valence-electron chi connectivity index (χ2n) is 4.23. The maximum absolute atomic E-state index is 11.0. The van der Waals surface area contributed by atoms with Crippen molar-refractivity contribution in [3.8, 4) is 6.07 Å². The molecule has 2 aliphatic rings. The van der Waals surface area contributed by atoms with Crippen molar-refractivity contribution in [2.45, 2.75) is 25.0 Å². The molecule has 2 N–H and O–H groups in total. The zero-order valence-corrected chi connectivity index (χ0v) is 8.37. The predicted molar refractivity (Wildman–Crippen MR) is 49.2 cm³/mol. The molecule has 0 aromatic rings. The van der Waals surface area contributed by atoms with Crippen molar-refractivity contribution in [3.05, 3.63) is 0 Å². The van der Waals surface area contributed by atoms with Gasteiger partial charge in [-0.1, -0.05) is 0 Å². The van der Waals surface area contributed by atoms with Crippen LogP contribution < -0.4 is 0 Å². The smallest absolute Gasteiger partial charge is 0.310 e. The van der Waals surface area contributed by atoms with E-state index in [0.717, 1.165) is 0 Å². The quantitative estimate of drug-likeness (QED) is 0.704. The van der Waals surface area contributed by atoms with Crippen LogP contribution in [-0.2, 0) is 14.3 Å². The number of hydrogen-bond donors (Lipinski definition) is 2. The Morgan fingerprint density at radius 1 is 1.31 bits per heavy atom. The van der Waals surface area contributed by atoms with Gasteiger partial charge in [0.05, 0.1) is 30.1 Å². The van der Waals surface area contributed by atoms with Gasteiger partial charge in [-0.2, -0.15) is 5.26 Å². The first-order valence-corrected chi connectivity index (χ1v) is 5.04. The highest BCUT2D eigenvalue weighted by Crippen LogP contribution is 2.47. The largest absolute Gasteiger partial charge is 0.481 e. The van der Waals surface area contributed by atoms with Crippen molar-refractivity contribution in [1.29, 1.82) is 5.26 Å². The Labute approximate surface area is 91.4 Å². The van der Waals surface area contributed by atoms with Crippen LogP contribution in [0.25, 0.3) is 0 Å². The first-order valence-electron chi connectivity index (χ1n) is 5.04. The minimum atomic E-state index is -1.15. The second kappa shape index (κ2) is 3.76. The van der Waals surface area contributed by atoms with E-state index < -0.39 is 36.0 Å². The van der Waals surface area contributed by atoms with E-state index in [1.54, 1.807) is 0 Å². The number of carbonyl (C=O) groups is 2. The van der Waals surface area contributed by atoms with E-state index in [4.69, 9.17) is 20.2 Å². The maximum atomic E-state index is 11.0. The summed E-state index contributed by atoms with van der Waals surface area (Å²) in [5.74, 6) is -4.42. The van der Waals surface area contributed by atoms with Crippen LogP contribution in [0.1, 0.15) is 12.8 Å². The molecule has 2 heterocycles. The van der Waals surface area contributed by atoms with Gasteiger partial charge in [0.25, 0.3) is 0 Å². The van der Waals surface area contributed by atoms with Gasteiger partial charge < -0.3 is 14.9 Å². The topological polar surface area (TPSA) is 108 Å². The number of rotatable bonds is 3. The third kappa shape index (κ3) is 1.44. The number of nitrogens with zero attached hydrogens (tertiary/aromatic N) is 1. The lowest BCUT2D eigenvalue weighted by atomic mass is 9.73. The molecule has 86 valence electrons. The molecule has 2 bridgehead atoms. The third-order valence-corrected chi connectivity index (χ3v) is 3.40. The van der Waals surface area contributed by atoms with Gasteiger partial charge in [0.15, 0.2) is 0 Å². The van der Waals surface area contributed by atoms with E-state index in [0.29, 0.717) is 6.42 Å². The van der Waals surface area contributed by atoms with E-state index in [-0.39, 0.29) is 12.3 Å². The summed E-state index contributed by atoms with van der Waals surface area (Å²) in [6, 6.07) is 1.98. The molecule has 0 saturated carbocycles. The fourth-order valence-electron chi connectivity index (χ4n) is 2.77. The van der Waals surface area contributed by atoms with Crippen LogP contribution in [0.5, 0.6) is 0 Å². The molecule has 2 aliphatic heterocycles. The Kier molecular flexibility index (Phi) is 2.56. The molecule has 5 atom stereocenters. The summed E-state index contributed by atoms with van der Waals surface area (Å²) in [6.45, 7) is 0. The number of hydrogen-bond acceptors (Lipinski definition) is 4. The van der Waals surface area contributed by atoms with Gasteiger partial charge in [-0.15, -0.1) is 0 Å². The number of nitriles is 1. The monoisotopic (exact) mass is 225 g/mol. The molecule has 2 saturated heterocycles. The number of carboxylic acid groups (broad SMARTS) is 2. The summed E-state index contributed by atoms with van der Waals surface area (Å²) in [5.41, 5.74) is 0. The van der Waals surface area contributed by atoms with Crippen LogP contribution in [0.2, 0.25) is 0 Å². The number of fused-ring (bicyclic) bond motifs is 2. The predicted octanol–water partition coefficient (Wildman–Crippen LogP) is 0.0890. The second-order valence-corrected chi connectivity index (χ2v) is 4.23. The van der Waals surface area contributed by atoms with E-state index >= 15 is 0 Å². The van der Waals surface area contributed by atoms with Crippen molar-refractivity contribution < 1.29 is 24.5 Å². The van der Waals surface area contributed by atoms with Crippen LogP contribution in [0, 0.1) is 29.1 Å². The number of ether oxygens (including phenoxy) is 1. The summed E-state index contributed by atoms with van der Waals surface area (Å²) in [6.07, 6.45) is -0.485. The Morgan fingerprint density at radius 2 is 1.94 bits per heavy atom. The van der Waals surface area contributed by atoms with Crippen LogP contribution in [-0.4, -0.2) is 34.4 Å². The third-order valence-electron chi connectivity index (χ3n) is 3.40. The van der Waals surface area contributed by atoms with E-state index in [2.05, 4.69) is 0 Å². The lowest BCUT2D eigenvalue weighted by molar-refractivity contribution is -0.154. The highest BCUT2D eigenvalue weighted by Gasteiger charge is 2.59. The average molecular weight is 225 g/mol. The summed E-state index contributed by atoms with van der Waals surface area (Å²) in [5, 5.41) is 26.6. The Balaban J connectivity index is 2.22. The molecule has 6 nitrogen and oxygen atoms in total. The van der Waals surface area contributed by atoms with Crippen LogP contribution >= 0.6 is 0 Å². The molecular weight excluding hydrogens is 214 g/mol. The van der Waals surface area contributed by atoms with Gasteiger partial charge >= 0.3 is 11.9 Å². The lowest BCUT2D eigenvalue weighted by Crippen LogP contribution is -2.41. The molecule has 6 heteroatoms. The molecule has 2 fully saturated rings. The summed E-state index contributed by atoms with van der Waals surface area (Å²) < 4.78 is 5.37. The van der Waals surface area contributed by atoms with E-state index in [1.165, 1.54) is 0 Å². The first-order chi connectivity index (χ1) is 7.56. The van der Waals surface area contributed by atoms with Crippen LogP contribution in [0.4, 0.5) is 0 Å². The Bertz CT molecular complexity index is 374. The number of aliphatic carboxylic acids is 2. The normalized spacial score (nSPS) is 40.6. The SMILES string of the molecule is N#CC[C@H]1C[C@H]2O[C@@H]1[C@@H](C(=O)O)[C@H]2C(=O)O. The fraction of sp³-hybridized carbons (Fsp3) is 0.700. The van der Waals surface area contributed by atoms with Gasteiger partial charge in [0.2, 0.25) is 0 Å². The summed E-state index contributed by atoms with van der Waals surface area (Å²) in [7, 11) is 0. The Hall–Kier alpha value is -1.61. The van der Waals surface area contributed by atoms with Crippen molar-refractivity contribution in [3.63, 3.8) is 0 Å². The summed E-state index contributed by atoms with van der Waals surface area (Å²) in [4.78, 5) is 22.0. The molecule has 2 rings (SSSR count). The van der Waals surface area contributed by atoms with Gasteiger partial charge in [0.1, 0.15) is 0 Å². The molecule has 0 unspecified atom stereocenters. The van der Waals surface area contributed by atoms with Crippen molar-refractivity contribution in [2.75, 3.05) is 0 Å². The molecular formula is C10H11NO5. The van der Waals surface area contributed by atoms with Crippen molar-refractivity contribution in [1.82, 2.24) is 0 Å². The average Bonchev–Trinajstić information content (AvgIpc) is 2.73. The van der Waals surface area contributed by atoms with Crippen LogP contribution in [0.3, 0.4) is 0 Å². The van der Waals surface area contributed by atoms with Crippen LogP contribution in [0.15, 0.2) is 0 Å². The molecule has 0 amide bonds. The minimum absolute atomic E-state index is 0.147. The van der Waals surface area contributed by atoms with Gasteiger partial charge in [-0.05, 0) is 6.42 Å². The molecule has 0 spiro atoms. The zero-order chi connectivity index (χ0) is 11.9. The Morgan fingerprint density at radius 3 is 2.44 bits per heavy atom. The van der Waals surface area contributed by atoms with E-state index in [1.807, 2.05) is 6.07 Å².